The monoisotopic (exact) mass is 453 g/mol. The van der Waals surface area contributed by atoms with Crippen LogP contribution in [0.2, 0.25) is 0 Å². The van der Waals surface area contributed by atoms with E-state index in [1.54, 1.807) is 19.5 Å². The quantitative estimate of drug-likeness (QED) is 0.379. The molecular weight excluding hydrogens is 426 g/mol. The van der Waals surface area contributed by atoms with E-state index in [1.807, 2.05) is 54.7 Å². The van der Waals surface area contributed by atoms with Crippen molar-refractivity contribution in [3.8, 4) is 17.1 Å². The largest absolute Gasteiger partial charge is 0.481 e. The van der Waals surface area contributed by atoms with E-state index in [-0.39, 0.29) is 23.8 Å². The molecule has 0 unspecified atom stereocenters. The Morgan fingerprint density at radius 1 is 1.09 bits per heavy atom. The molecule has 1 aliphatic carbocycles. The number of benzene rings is 1. The molecule has 0 aliphatic heterocycles. The lowest BCUT2D eigenvalue weighted by atomic mass is 9.95. The Bertz CT molecular complexity index is 1240. The number of ketones is 1. The topological polar surface area (TPSA) is 92.8 Å². The summed E-state index contributed by atoms with van der Waals surface area (Å²) in [5.74, 6) is 0.550. The Morgan fingerprint density at radius 2 is 1.91 bits per heavy atom. The van der Waals surface area contributed by atoms with Crippen LogP contribution in [0.3, 0.4) is 0 Å². The standard InChI is InChI=1S/C27H27N5O2/c1-34-26-20(16-21(18-29-26)22-10-14-30-32-22)17-24(33)23(15-19-7-3-2-4-8-19)31-27(11-12-27)25-9-5-6-13-28-25/h2-10,13-14,16,18,23,31H,11-12,15,17H2,1H3,(H,30,32)/t23-/m0/s1. The lowest BCUT2D eigenvalue weighted by molar-refractivity contribution is -0.120. The lowest BCUT2D eigenvalue weighted by Gasteiger charge is -2.25. The summed E-state index contributed by atoms with van der Waals surface area (Å²) in [6, 6.07) is 19.5. The highest BCUT2D eigenvalue weighted by molar-refractivity contribution is 5.87. The van der Waals surface area contributed by atoms with Crippen molar-refractivity contribution in [2.45, 2.75) is 37.3 Å². The summed E-state index contributed by atoms with van der Waals surface area (Å²) in [5.41, 5.74) is 4.30. The third-order valence-corrected chi connectivity index (χ3v) is 6.32. The number of H-pyrrole nitrogens is 1. The number of ether oxygens (including phenoxy) is 1. The second-order valence-corrected chi connectivity index (χ2v) is 8.69. The van der Waals surface area contributed by atoms with Crippen LogP contribution in [0.4, 0.5) is 0 Å². The van der Waals surface area contributed by atoms with Gasteiger partial charge >= 0.3 is 0 Å². The fourth-order valence-corrected chi connectivity index (χ4v) is 4.36. The molecular formula is C27H27N5O2. The third kappa shape index (κ3) is 4.75. The van der Waals surface area contributed by atoms with Crippen molar-refractivity contribution in [3.63, 3.8) is 0 Å². The van der Waals surface area contributed by atoms with Gasteiger partial charge in [0.1, 0.15) is 0 Å². The molecule has 2 N–H and O–H groups in total. The molecule has 1 atom stereocenters. The van der Waals surface area contributed by atoms with Gasteiger partial charge < -0.3 is 4.74 Å². The van der Waals surface area contributed by atoms with E-state index < -0.39 is 0 Å². The van der Waals surface area contributed by atoms with Gasteiger partial charge in [-0.1, -0.05) is 36.4 Å². The molecule has 0 spiro atoms. The number of methoxy groups -OCH3 is 1. The number of carbonyl (C=O) groups is 1. The number of nitrogens with zero attached hydrogens (tertiary/aromatic N) is 3. The number of pyridine rings is 2. The molecule has 5 rings (SSSR count). The molecule has 7 heteroatoms. The van der Waals surface area contributed by atoms with E-state index in [1.165, 1.54) is 0 Å². The molecule has 1 fully saturated rings. The average Bonchev–Trinajstić information content (AvgIpc) is 3.45. The SMILES string of the molecule is COc1ncc(-c2ccn[nH]2)cc1CC(=O)[C@H](Cc1ccccc1)NC1(c2ccccn2)CC1. The van der Waals surface area contributed by atoms with E-state index in [0.29, 0.717) is 12.3 Å². The van der Waals surface area contributed by atoms with E-state index in [0.717, 1.165) is 40.9 Å². The number of carbonyl (C=O) groups excluding carboxylic acids is 1. The maximum Gasteiger partial charge on any atom is 0.216 e. The molecule has 0 bridgehead atoms. The Hall–Kier alpha value is -3.84. The third-order valence-electron chi connectivity index (χ3n) is 6.32. The number of Topliss-reactive ketones (excluding diaryl/α,β-unsaturated/α-hetero) is 1. The van der Waals surface area contributed by atoms with Gasteiger partial charge in [-0.25, -0.2) is 4.98 Å². The normalized spacial score (nSPS) is 15.0. The summed E-state index contributed by atoms with van der Waals surface area (Å²) >= 11 is 0. The van der Waals surface area contributed by atoms with Crippen LogP contribution >= 0.6 is 0 Å². The molecule has 1 saturated carbocycles. The number of nitrogens with one attached hydrogen (secondary N) is 2. The fourth-order valence-electron chi connectivity index (χ4n) is 4.36. The summed E-state index contributed by atoms with van der Waals surface area (Å²) < 4.78 is 5.48. The van der Waals surface area contributed by atoms with Crippen LogP contribution in [0, 0.1) is 0 Å². The zero-order chi connectivity index (χ0) is 23.4. The van der Waals surface area contributed by atoms with Gasteiger partial charge in [-0.15, -0.1) is 0 Å². The van der Waals surface area contributed by atoms with Gasteiger partial charge in [0.15, 0.2) is 5.78 Å². The van der Waals surface area contributed by atoms with Crippen LogP contribution in [0.5, 0.6) is 5.88 Å². The number of hydrogen-bond acceptors (Lipinski definition) is 6. The second-order valence-electron chi connectivity index (χ2n) is 8.69. The summed E-state index contributed by atoms with van der Waals surface area (Å²) in [4.78, 5) is 22.7. The number of hydrogen-bond donors (Lipinski definition) is 2. The van der Waals surface area contributed by atoms with Crippen LogP contribution < -0.4 is 10.1 Å². The van der Waals surface area contributed by atoms with Crippen molar-refractivity contribution in [2.75, 3.05) is 7.11 Å². The lowest BCUT2D eigenvalue weighted by Crippen LogP contribution is -2.46. The van der Waals surface area contributed by atoms with Crippen molar-refractivity contribution >= 4 is 5.78 Å². The zero-order valence-corrected chi connectivity index (χ0v) is 19.1. The highest BCUT2D eigenvalue weighted by atomic mass is 16.5. The molecule has 172 valence electrons. The molecule has 0 saturated heterocycles. The first kappa shape index (κ1) is 22.0. The average molecular weight is 454 g/mol. The van der Waals surface area contributed by atoms with Gasteiger partial charge in [-0.05, 0) is 49.1 Å². The Morgan fingerprint density at radius 3 is 2.59 bits per heavy atom. The minimum absolute atomic E-state index is 0.0907. The van der Waals surface area contributed by atoms with Gasteiger partial charge in [0.05, 0.1) is 30.1 Å². The number of rotatable bonds is 10. The Kier molecular flexibility index (Phi) is 6.18. The van der Waals surface area contributed by atoms with E-state index >= 15 is 0 Å². The maximum atomic E-state index is 13.7. The predicted molar refractivity (Wildman–Crippen MR) is 129 cm³/mol. The van der Waals surface area contributed by atoms with E-state index in [4.69, 9.17) is 4.74 Å². The van der Waals surface area contributed by atoms with Crippen LogP contribution in [-0.4, -0.2) is 39.1 Å². The predicted octanol–water partition coefficient (Wildman–Crippen LogP) is 3.88. The molecule has 7 nitrogen and oxygen atoms in total. The van der Waals surface area contributed by atoms with Crippen LogP contribution in [0.25, 0.3) is 11.3 Å². The minimum atomic E-state index is -0.368. The minimum Gasteiger partial charge on any atom is -0.481 e. The van der Waals surface area contributed by atoms with E-state index in [9.17, 15) is 4.79 Å². The zero-order valence-electron chi connectivity index (χ0n) is 19.1. The molecule has 34 heavy (non-hydrogen) atoms. The van der Waals surface area contributed by atoms with Gasteiger partial charge in [-0.3, -0.25) is 20.2 Å². The van der Waals surface area contributed by atoms with Gasteiger partial charge in [0.25, 0.3) is 0 Å². The number of aromatic amines is 1. The van der Waals surface area contributed by atoms with Gasteiger partial charge in [0.2, 0.25) is 5.88 Å². The molecule has 0 radical (unpaired) electrons. The van der Waals surface area contributed by atoms with Crippen molar-refractivity contribution in [3.05, 3.63) is 96.1 Å². The van der Waals surface area contributed by atoms with Crippen LogP contribution in [0.1, 0.15) is 29.7 Å². The first-order valence-electron chi connectivity index (χ1n) is 11.5. The van der Waals surface area contributed by atoms with Gasteiger partial charge in [-0.2, -0.15) is 5.10 Å². The summed E-state index contributed by atoms with van der Waals surface area (Å²) in [7, 11) is 1.58. The molecule has 0 amide bonds. The highest BCUT2D eigenvalue weighted by Crippen LogP contribution is 2.45. The molecule has 3 aromatic heterocycles. The molecule has 4 aromatic rings. The smallest absolute Gasteiger partial charge is 0.216 e. The second kappa shape index (κ2) is 9.57. The first-order valence-corrected chi connectivity index (χ1v) is 11.5. The summed E-state index contributed by atoms with van der Waals surface area (Å²) in [6.45, 7) is 0. The van der Waals surface area contributed by atoms with Crippen LogP contribution in [-0.2, 0) is 23.2 Å². The van der Waals surface area contributed by atoms with Crippen molar-refractivity contribution < 1.29 is 9.53 Å². The van der Waals surface area contributed by atoms with Crippen molar-refractivity contribution in [1.29, 1.82) is 0 Å². The highest BCUT2D eigenvalue weighted by Gasteiger charge is 2.47. The molecule has 1 aromatic carbocycles. The molecule has 3 heterocycles. The van der Waals surface area contributed by atoms with Crippen molar-refractivity contribution in [2.24, 2.45) is 0 Å². The van der Waals surface area contributed by atoms with Gasteiger partial charge in [0, 0.05) is 36.1 Å². The first-order chi connectivity index (χ1) is 16.7. The Balaban J connectivity index is 1.42. The summed E-state index contributed by atoms with van der Waals surface area (Å²) in [5, 5.41) is 10.6. The number of aromatic nitrogens is 4. The van der Waals surface area contributed by atoms with E-state index in [2.05, 4.69) is 37.6 Å². The van der Waals surface area contributed by atoms with Crippen molar-refractivity contribution in [1.82, 2.24) is 25.5 Å². The summed E-state index contributed by atoms with van der Waals surface area (Å²) in [6.07, 6.45) is 7.95. The van der Waals surface area contributed by atoms with Crippen LogP contribution in [0.15, 0.2) is 79.3 Å². The fraction of sp³-hybridized carbons (Fsp3) is 0.259. The Labute approximate surface area is 198 Å². The maximum absolute atomic E-state index is 13.7. The molecule has 1 aliphatic rings.